The standard InChI is InChI=1S/C23H23N5O4S/c1-15-11-16(2)14-28(13-15)33(30,31)20-9-7-18(8-10-20)21(29)25-23-27-26-22(32-23)19-5-3-17(12-24)4-6-19/h3-10,15-16H,11,13-14H2,1-2H3,(H,25,27,29)/t15-,16+. The second-order valence-corrected chi connectivity index (χ2v) is 10.3. The number of hydrogen-bond acceptors (Lipinski definition) is 7. The minimum atomic E-state index is -3.62. The maximum Gasteiger partial charge on any atom is 0.322 e. The monoisotopic (exact) mass is 465 g/mol. The molecule has 0 radical (unpaired) electrons. The van der Waals surface area contributed by atoms with Gasteiger partial charge in [-0.15, -0.1) is 5.10 Å². The molecule has 0 aliphatic carbocycles. The average molecular weight is 466 g/mol. The van der Waals surface area contributed by atoms with Gasteiger partial charge in [-0.05, 0) is 66.8 Å². The Balaban J connectivity index is 1.44. The Morgan fingerprint density at radius 1 is 1.06 bits per heavy atom. The van der Waals surface area contributed by atoms with Crippen molar-refractivity contribution in [1.82, 2.24) is 14.5 Å². The molecule has 0 unspecified atom stereocenters. The van der Waals surface area contributed by atoms with Gasteiger partial charge in [0, 0.05) is 24.2 Å². The predicted octanol–water partition coefficient (Wildman–Crippen LogP) is 3.53. The summed E-state index contributed by atoms with van der Waals surface area (Å²) in [6.45, 7) is 5.09. The van der Waals surface area contributed by atoms with Crippen LogP contribution in [0.4, 0.5) is 6.01 Å². The largest absolute Gasteiger partial charge is 0.403 e. The maximum absolute atomic E-state index is 13.0. The highest BCUT2D eigenvalue weighted by atomic mass is 32.2. The Kier molecular flexibility index (Phi) is 6.26. The SMILES string of the molecule is C[C@@H]1C[C@H](C)CN(S(=O)(=O)c2ccc(C(=O)Nc3nnc(-c4ccc(C#N)cc4)o3)cc2)C1. The molecule has 33 heavy (non-hydrogen) atoms. The van der Waals surface area contributed by atoms with E-state index in [0.717, 1.165) is 6.42 Å². The van der Waals surface area contributed by atoms with Gasteiger partial charge in [-0.25, -0.2) is 8.42 Å². The molecule has 1 aliphatic rings. The molecule has 2 aromatic carbocycles. The van der Waals surface area contributed by atoms with Crippen molar-refractivity contribution >= 4 is 21.9 Å². The molecule has 1 aromatic heterocycles. The summed E-state index contributed by atoms with van der Waals surface area (Å²) in [5.74, 6) is 0.296. The van der Waals surface area contributed by atoms with Gasteiger partial charge < -0.3 is 4.42 Å². The molecule has 0 spiro atoms. The van der Waals surface area contributed by atoms with Crippen LogP contribution in [0, 0.1) is 23.2 Å². The average Bonchev–Trinajstić information content (AvgIpc) is 3.27. The quantitative estimate of drug-likeness (QED) is 0.610. The van der Waals surface area contributed by atoms with Crippen LogP contribution in [-0.2, 0) is 10.0 Å². The van der Waals surface area contributed by atoms with E-state index in [4.69, 9.17) is 9.68 Å². The minimum Gasteiger partial charge on any atom is -0.403 e. The maximum atomic E-state index is 13.0. The third kappa shape index (κ3) is 4.94. The Hall–Kier alpha value is -3.55. The van der Waals surface area contributed by atoms with Crippen molar-refractivity contribution in [3.63, 3.8) is 0 Å². The second kappa shape index (κ2) is 9.13. The number of piperidine rings is 1. The second-order valence-electron chi connectivity index (χ2n) is 8.35. The van der Waals surface area contributed by atoms with Crippen LogP contribution in [0.3, 0.4) is 0 Å². The van der Waals surface area contributed by atoms with Crippen molar-refractivity contribution in [2.75, 3.05) is 18.4 Å². The van der Waals surface area contributed by atoms with Crippen molar-refractivity contribution in [2.45, 2.75) is 25.2 Å². The van der Waals surface area contributed by atoms with E-state index in [1.165, 1.54) is 28.6 Å². The molecule has 3 aromatic rings. The van der Waals surface area contributed by atoms with Crippen molar-refractivity contribution in [3.8, 4) is 17.5 Å². The zero-order valence-corrected chi connectivity index (χ0v) is 19.0. The summed E-state index contributed by atoms with van der Waals surface area (Å²) in [7, 11) is -3.62. The fraction of sp³-hybridized carbons (Fsp3) is 0.304. The van der Waals surface area contributed by atoms with Crippen LogP contribution in [0.5, 0.6) is 0 Å². The van der Waals surface area contributed by atoms with Crippen LogP contribution in [0.15, 0.2) is 57.8 Å². The first-order valence-corrected chi connectivity index (χ1v) is 12.0. The number of carbonyl (C=O) groups excluding carboxylic acids is 1. The van der Waals surface area contributed by atoms with Gasteiger partial charge in [0.15, 0.2) is 0 Å². The van der Waals surface area contributed by atoms with E-state index in [-0.39, 0.29) is 22.4 Å². The molecule has 1 aliphatic heterocycles. The number of rotatable bonds is 5. The summed E-state index contributed by atoms with van der Waals surface area (Å²) >= 11 is 0. The number of nitrogens with one attached hydrogen (secondary N) is 1. The molecule has 1 N–H and O–H groups in total. The van der Waals surface area contributed by atoms with Gasteiger partial charge in [0.2, 0.25) is 15.9 Å². The first kappa shape index (κ1) is 22.6. The van der Waals surface area contributed by atoms with E-state index >= 15 is 0 Å². The molecule has 0 saturated carbocycles. The third-order valence-corrected chi connectivity index (χ3v) is 7.34. The van der Waals surface area contributed by atoms with E-state index < -0.39 is 15.9 Å². The lowest BCUT2D eigenvalue weighted by molar-refractivity contribution is 0.102. The Morgan fingerprint density at radius 3 is 2.30 bits per heavy atom. The molecule has 2 heterocycles. The summed E-state index contributed by atoms with van der Waals surface area (Å²) < 4.78 is 33.0. The van der Waals surface area contributed by atoms with Gasteiger partial charge >= 0.3 is 6.01 Å². The van der Waals surface area contributed by atoms with E-state index in [1.807, 2.05) is 6.07 Å². The summed E-state index contributed by atoms with van der Waals surface area (Å²) in [4.78, 5) is 12.7. The molecule has 1 amide bonds. The first-order chi connectivity index (χ1) is 15.8. The van der Waals surface area contributed by atoms with Crippen LogP contribution in [0.2, 0.25) is 0 Å². The number of benzene rings is 2. The number of carbonyl (C=O) groups is 1. The van der Waals surface area contributed by atoms with Gasteiger partial charge in [0.05, 0.1) is 16.5 Å². The van der Waals surface area contributed by atoms with E-state index in [1.54, 1.807) is 24.3 Å². The summed E-state index contributed by atoms with van der Waals surface area (Å²) in [6.07, 6.45) is 1.01. The Bertz CT molecular complexity index is 1280. The van der Waals surface area contributed by atoms with Gasteiger partial charge in [-0.2, -0.15) is 9.57 Å². The van der Waals surface area contributed by atoms with Crippen molar-refractivity contribution in [3.05, 3.63) is 59.7 Å². The van der Waals surface area contributed by atoms with E-state index in [2.05, 4.69) is 29.4 Å². The lowest BCUT2D eigenvalue weighted by Crippen LogP contribution is -2.42. The van der Waals surface area contributed by atoms with Crippen LogP contribution in [0.25, 0.3) is 11.5 Å². The predicted molar refractivity (Wildman–Crippen MR) is 121 cm³/mol. The summed E-state index contributed by atoms with van der Waals surface area (Å²) in [6, 6.07) is 14.3. The number of aromatic nitrogens is 2. The zero-order chi connectivity index (χ0) is 23.6. The van der Waals surface area contributed by atoms with Crippen molar-refractivity contribution in [2.24, 2.45) is 11.8 Å². The molecule has 9 nitrogen and oxygen atoms in total. The molecule has 1 saturated heterocycles. The molecule has 2 atom stereocenters. The van der Waals surface area contributed by atoms with Gasteiger partial charge in [-0.3, -0.25) is 10.1 Å². The number of anilines is 1. The number of nitriles is 1. The minimum absolute atomic E-state index is 0.0904. The topological polar surface area (TPSA) is 129 Å². The highest BCUT2D eigenvalue weighted by Gasteiger charge is 2.31. The van der Waals surface area contributed by atoms with Crippen molar-refractivity contribution in [1.29, 1.82) is 5.26 Å². The van der Waals surface area contributed by atoms with Gasteiger partial charge in [0.25, 0.3) is 5.91 Å². The molecule has 170 valence electrons. The lowest BCUT2D eigenvalue weighted by atomic mass is 9.94. The number of hydrogen-bond donors (Lipinski definition) is 1. The van der Waals surface area contributed by atoms with E-state index in [9.17, 15) is 13.2 Å². The number of nitrogens with zero attached hydrogens (tertiary/aromatic N) is 4. The van der Waals surface area contributed by atoms with Crippen LogP contribution in [0.1, 0.15) is 36.2 Å². The number of sulfonamides is 1. The zero-order valence-electron chi connectivity index (χ0n) is 18.2. The summed E-state index contributed by atoms with van der Waals surface area (Å²) in [5.41, 5.74) is 1.37. The normalized spacial score (nSPS) is 19.1. The third-order valence-electron chi connectivity index (χ3n) is 5.50. The summed E-state index contributed by atoms with van der Waals surface area (Å²) in [5, 5.41) is 19.1. The smallest absolute Gasteiger partial charge is 0.322 e. The van der Waals surface area contributed by atoms with Gasteiger partial charge in [-0.1, -0.05) is 18.9 Å². The fourth-order valence-electron chi connectivity index (χ4n) is 3.98. The van der Waals surface area contributed by atoms with Crippen molar-refractivity contribution < 1.29 is 17.6 Å². The van der Waals surface area contributed by atoms with Gasteiger partial charge in [0.1, 0.15) is 0 Å². The Labute approximate surface area is 192 Å². The molecule has 10 heteroatoms. The first-order valence-electron chi connectivity index (χ1n) is 10.5. The molecule has 0 bridgehead atoms. The van der Waals surface area contributed by atoms with Crippen LogP contribution >= 0.6 is 0 Å². The highest BCUT2D eigenvalue weighted by Crippen LogP contribution is 2.27. The molecular weight excluding hydrogens is 442 g/mol. The lowest BCUT2D eigenvalue weighted by Gasteiger charge is -2.34. The Morgan fingerprint density at radius 2 is 1.70 bits per heavy atom. The van der Waals surface area contributed by atoms with Crippen LogP contribution < -0.4 is 5.32 Å². The van der Waals surface area contributed by atoms with Crippen LogP contribution in [-0.4, -0.2) is 41.9 Å². The number of amides is 1. The fourth-order valence-corrected chi connectivity index (χ4v) is 5.66. The van der Waals surface area contributed by atoms with E-state index in [0.29, 0.717) is 36.1 Å². The highest BCUT2D eigenvalue weighted by molar-refractivity contribution is 7.89. The molecular formula is C23H23N5O4S. The molecule has 4 rings (SSSR count). The molecule has 1 fully saturated rings.